The van der Waals surface area contributed by atoms with Crippen LogP contribution in [0.1, 0.15) is 24.5 Å². The van der Waals surface area contributed by atoms with E-state index in [0.717, 1.165) is 23.1 Å². The van der Waals surface area contributed by atoms with Gasteiger partial charge in [0.05, 0.1) is 5.57 Å². The molecule has 100 valence electrons. The summed E-state index contributed by atoms with van der Waals surface area (Å²) in [5.41, 5.74) is 3.68. The lowest BCUT2D eigenvalue weighted by atomic mass is 9.92. The van der Waals surface area contributed by atoms with Crippen molar-refractivity contribution in [2.45, 2.75) is 19.4 Å². The molecule has 0 aromatic heterocycles. The molecule has 0 N–H and O–H groups in total. The molecule has 1 heterocycles. The van der Waals surface area contributed by atoms with E-state index >= 15 is 0 Å². The molecule has 1 aliphatic heterocycles. The number of hydrogen-bond acceptors (Lipinski definition) is 2. The third kappa shape index (κ3) is 2.14. The summed E-state index contributed by atoms with van der Waals surface area (Å²) in [4.78, 5) is 12.2. The SMILES string of the molecule is CCC1OC(=O)C(c2ccccc2)=C1c1ccccc1. The van der Waals surface area contributed by atoms with Crippen molar-refractivity contribution in [2.24, 2.45) is 0 Å². The van der Waals surface area contributed by atoms with Crippen LogP contribution in [0.15, 0.2) is 60.7 Å². The predicted octanol–water partition coefficient (Wildman–Crippen LogP) is 3.93. The summed E-state index contributed by atoms with van der Waals surface area (Å²) in [7, 11) is 0. The molecule has 0 bridgehead atoms. The summed E-state index contributed by atoms with van der Waals surface area (Å²) in [6.45, 7) is 2.04. The van der Waals surface area contributed by atoms with Crippen LogP contribution in [-0.4, -0.2) is 12.1 Å². The summed E-state index contributed by atoms with van der Waals surface area (Å²) in [6, 6.07) is 19.8. The van der Waals surface area contributed by atoms with Crippen LogP contribution < -0.4 is 0 Å². The minimum Gasteiger partial charge on any atom is -0.454 e. The van der Waals surface area contributed by atoms with E-state index < -0.39 is 0 Å². The van der Waals surface area contributed by atoms with Crippen molar-refractivity contribution < 1.29 is 9.53 Å². The zero-order chi connectivity index (χ0) is 13.9. The van der Waals surface area contributed by atoms with Crippen molar-refractivity contribution in [1.29, 1.82) is 0 Å². The van der Waals surface area contributed by atoms with Gasteiger partial charge >= 0.3 is 5.97 Å². The topological polar surface area (TPSA) is 26.3 Å². The Kier molecular flexibility index (Phi) is 3.38. The largest absolute Gasteiger partial charge is 0.454 e. The molecule has 0 fully saturated rings. The maximum absolute atomic E-state index is 12.2. The first-order valence-electron chi connectivity index (χ1n) is 6.87. The number of ether oxygens (including phenoxy) is 1. The molecule has 2 nitrogen and oxygen atoms in total. The van der Waals surface area contributed by atoms with Crippen molar-refractivity contribution in [2.75, 3.05) is 0 Å². The van der Waals surface area contributed by atoms with Gasteiger partial charge in [0, 0.05) is 5.57 Å². The summed E-state index contributed by atoms with van der Waals surface area (Å²) < 4.78 is 5.53. The molecular formula is C18H16O2. The van der Waals surface area contributed by atoms with E-state index in [-0.39, 0.29) is 12.1 Å². The molecule has 0 saturated heterocycles. The van der Waals surface area contributed by atoms with Crippen LogP contribution in [0.3, 0.4) is 0 Å². The quantitative estimate of drug-likeness (QED) is 0.785. The minimum absolute atomic E-state index is 0.153. The van der Waals surface area contributed by atoms with Gasteiger partial charge in [-0.15, -0.1) is 0 Å². The van der Waals surface area contributed by atoms with E-state index in [4.69, 9.17) is 4.74 Å². The van der Waals surface area contributed by atoms with Crippen molar-refractivity contribution in [3.63, 3.8) is 0 Å². The Balaban J connectivity index is 2.20. The molecule has 2 aromatic rings. The summed E-state index contributed by atoms with van der Waals surface area (Å²) in [6.07, 6.45) is 0.631. The molecule has 0 amide bonds. The zero-order valence-electron chi connectivity index (χ0n) is 11.4. The molecule has 0 spiro atoms. The Morgan fingerprint density at radius 3 is 2.00 bits per heavy atom. The van der Waals surface area contributed by atoms with Crippen LogP contribution in [-0.2, 0) is 9.53 Å². The second kappa shape index (κ2) is 5.33. The maximum Gasteiger partial charge on any atom is 0.339 e. The third-order valence-corrected chi connectivity index (χ3v) is 3.56. The molecule has 20 heavy (non-hydrogen) atoms. The number of carbonyl (C=O) groups is 1. The van der Waals surface area contributed by atoms with E-state index in [9.17, 15) is 4.79 Å². The van der Waals surface area contributed by atoms with Crippen LogP contribution in [0.2, 0.25) is 0 Å². The standard InChI is InChI=1S/C18H16O2/c1-2-15-16(13-9-5-3-6-10-13)17(18(19)20-15)14-11-7-4-8-12-14/h3-12,15H,2H2,1H3. The van der Waals surface area contributed by atoms with Crippen LogP contribution in [0, 0.1) is 0 Å². The number of hydrogen-bond donors (Lipinski definition) is 0. The van der Waals surface area contributed by atoms with Crippen molar-refractivity contribution >= 4 is 17.1 Å². The van der Waals surface area contributed by atoms with Crippen LogP contribution >= 0.6 is 0 Å². The van der Waals surface area contributed by atoms with Gasteiger partial charge in [-0.1, -0.05) is 67.6 Å². The second-order valence-corrected chi connectivity index (χ2v) is 4.82. The number of rotatable bonds is 3. The summed E-state index contributed by atoms with van der Waals surface area (Å²) >= 11 is 0. The number of cyclic esters (lactones) is 1. The van der Waals surface area contributed by atoms with Gasteiger partial charge in [-0.05, 0) is 17.5 Å². The number of esters is 1. The van der Waals surface area contributed by atoms with Crippen molar-refractivity contribution in [3.05, 3.63) is 71.8 Å². The van der Waals surface area contributed by atoms with Crippen LogP contribution in [0.4, 0.5) is 0 Å². The molecule has 0 radical (unpaired) electrons. The molecule has 0 aliphatic carbocycles. The monoisotopic (exact) mass is 264 g/mol. The fraction of sp³-hybridized carbons (Fsp3) is 0.167. The van der Waals surface area contributed by atoms with E-state index in [1.165, 1.54) is 0 Å². The highest BCUT2D eigenvalue weighted by Crippen LogP contribution is 2.38. The van der Waals surface area contributed by atoms with Gasteiger partial charge in [0.15, 0.2) is 0 Å². The lowest BCUT2D eigenvalue weighted by molar-refractivity contribution is -0.137. The Bertz CT molecular complexity index is 642. The first-order valence-corrected chi connectivity index (χ1v) is 6.87. The minimum atomic E-state index is -0.220. The van der Waals surface area contributed by atoms with Gasteiger partial charge in [-0.3, -0.25) is 0 Å². The first-order chi connectivity index (χ1) is 9.81. The Morgan fingerprint density at radius 2 is 1.45 bits per heavy atom. The predicted molar refractivity (Wildman–Crippen MR) is 79.9 cm³/mol. The maximum atomic E-state index is 12.2. The van der Waals surface area contributed by atoms with E-state index in [2.05, 4.69) is 0 Å². The third-order valence-electron chi connectivity index (χ3n) is 3.56. The van der Waals surface area contributed by atoms with Crippen molar-refractivity contribution in [3.8, 4) is 0 Å². The Morgan fingerprint density at radius 1 is 0.900 bits per heavy atom. The fourth-order valence-corrected chi connectivity index (χ4v) is 2.63. The van der Waals surface area contributed by atoms with Gasteiger partial charge in [0.2, 0.25) is 0 Å². The van der Waals surface area contributed by atoms with Gasteiger partial charge in [-0.25, -0.2) is 4.79 Å². The second-order valence-electron chi connectivity index (χ2n) is 4.82. The van der Waals surface area contributed by atoms with Crippen molar-refractivity contribution in [1.82, 2.24) is 0 Å². The first kappa shape index (κ1) is 12.7. The van der Waals surface area contributed by atoms with Gasteiger partial charge in [-0.2, -0.15) is 0 Å². The molecular weight excluding hydrogens is 248 g/mol. The van der Waals surface area contributed by atoms with Gasteiger partial charge in [0.1, 0.15) is 6.10 Å². The summed E-state index contributed by atoms with van der Waals surface area (Å²) in [5, 5.41) is 0. The smallest absolute Gasteiger partial charge is 0.339 e. The fourth-order valence-electron chi connectivity index (χ4n) is 2.63. The zero-order valence-corrected chi connectivity index (χ0v) is 11.4. The molecule has 1 unspecified atom stereocenters. The number of carbonyl (C=O) groups excluding carboxylic acids is 1. The van der Waals surface area contributed by atoms with Crippen LogP contribution in [0.5, 0.6) is 0 Å². The highest BCUT2D eigenvalue weighted by molar-refractivity contribution is 6.27. The average molecular weight is 264 g/mol. The Labute approximate surface area is 118 Å². The lowest BCUT2D eigenvalue weighted by Gasteiger charge is -2.12. The molecule has 2 heteroatoms. The Hall–Kier alpha value is -2.35. The van der Waals surface area contributed by atoms with E-state index in [1.807, 2.05) is 67.6 Å². The molecule has 3 rings (SSSR count). The molecule has 2 aromatic carbocycles. The highest BCUT2D eigenvalue weighted by Gasteiger charge is 2.34. The van der Waals surface area contributed by atoms with E-state index in [0.29, 0.717) is 5.57 Å². The van der Waals surface area contributed by atoms with Gasteiger partial charge < -0.3 is 4.74 Å². The lowest BCUT2D eigenvalue weighted by Crippen LogP contribution is -2.09. The highest BCUT2D eigenvalue weighted by atomic mass is 16.5. The average Bonchev–Trinajstić information content (AvgIpc) is 2.85. The molecule has 0 saturated carbocycles. The van der Waals surface area contributed by atoms with E-state index in [1.54, 1.807) is 0 Å². The normalized spacial score (nSPS) is 18.2. The molecule has 1 aliphatic rings. The van der Waals surface area contributed by atoms with Gasteiger partial charge in [0.25, 0.3) is 0 Å². The molecule has 1 atom stereocenters. The number of benzene rings is 2. The van der Waals surface area contributed by atoms with Crippen LogP contribution in [0.25, 0.3) is 11.1 Å². The summed E-state index contributed by atoms with van der Waals surface area (Å²) in [5.74, 6) is -0.220.